The summed E-state index contributed by atoms with van der Waals surface area (Å²) in [6, 6.07) is 15.7. The van der Waals surface area contributed by atoms with Crippen molar-refractivity contribution in [2.75, 3.05) is 5.32 Å². The molecule has 2 aromatic carbocycles. The maximum absolute atomic E-state index is 11.8. The van der Waals surface area contributed by atoms with Crippen LogP contribution in [0.5, 0.6) is 0 Å². The zero-order valence-electron chi connectivity index (χ0n) is 11.8. The van der Waals surface area contributed by atoms with Gasteiger partial charge in [0.2, 0.25) is 0 Å². The second-order valence-electron chi connectivity index (χ2n) is 4.70. The quantitative estimate of drug-likeness (QED) is 0.898. The monoisotopic (exact) mass is 269 g/mol. The summed E-state index contributed by atoms with van der Waals surface area (Å²) in [7, 11) is 0. The summed E-state index contributed by atoms with van der Waals surface area (Å²) < 4.78 is 5.22. The number of carbonyl (C=O) groups excluding carboxylic acids is 1. The number of amides is 1. The van der Waals surface area contributed by atoms with Crippen LogP contribution in [0.2, 0.25) is 0 Å². The average Bonchev–Trinajstić information content (AvgIpc) is 2.46. The zero-order chi connectivity index (χ0) is 14.4. The van der Waals surface area contributed by atoms with Crippen molar-refractivity contribution < 1.29 is 9.53 Å². The SMILES string of the molecule is CCc1ccc(C)cc1NC(=O)OCc1ccccc1. The van der Waals surface area contributed by atoms with Gasteiger partial charge in [0, 0.05) is 5.69 Å². The number of benzene rings is 2. The molecule has 0 radical (unpaired) electrons. The lowest BCUT2D eigenvalue weighted by Gasteiger charge is -2.11. The first-order valence-corrected chi connectivity index (χ1v) is 6.76. The second kappa shape index (κ2) is 6.75. The highest BCUT2D eigenvalue weighted by atomic mass is 16.5. The molecule has 1 amide bonds. The van der Waals surface area contributed by atoms with Crippen molar-refractivity contribution >= 4 is 11.8 Å². The standard InChI is InChI=1S/C17H19NO2/c1-3-15-10-9-13(2)11-16(15)18-17(19)20-12-14-7-5-4-6-8-14/h4-11H,3,12H2,1-2H3,(H,18,19). The topological polar surface area (TPSA) is 38.3 Å². The van der Waals surface area contributed by atoms with E-state index in [4.69, 9.17) is 4.74 Å². The Balaban J connectivity index is 1.96. The van der Waals surface area contributed by atoms with Gasteiger partial charge < -0.3 is 4.74 Å². The summed E-state index contributed by atoms with van der Waals surface area (Å²) in [5.41, 5.74) is 4.01. The molecule has 0 fully saturated rings. The number of hydrogen-bond donors (Lipinski definition) is 1. The highest BCUT2D eigenvalue weighted by Crippen LogP contribution is 2.18. The Morgan fingerprint density at radius 3 is 2.60 bits per heavy atom. The molecule has 0 aliphatic heterocycles. The molecule has 0 heterocycles. The van der Waals surface area contributed by atoms with E-state index in [0.29, 0.717) is 0 Å². The molecule has 104 valence electrons. The Kier molecular flexibility index (Phi) is 4.77. The molecule has 3 heteroatoms. The van der Waals surface area contributed by atoms with Crippen LogP contribution in [0.25, 0.3) is 0 Å². The highest BCUT2D eigenvalue weighted by Gasteiger charge is 2.07. The van der Waals surface area contributed by atoms with E-state index >= 15 is 0 Å². The first-order chi connectivity index (χ1) is 9.69. The van der Waals surface area contributed by atoms with Crippen LogP contribution in [0.4, 0.5) is 10.5 Å². The van der Waals surface area contributed by atoms with E-state index in [1.807, 2.05) is 55.5 Å². The minimum atomic E-state index is -0.422. The normalized spacial score (nSPS) is 10.1. The van der Waals surface area contributed by atoms with Crippen LogP contribution in [-0.2, 0) is 17.8 Å². The molecule has 1 N–H and O–H groups in total. The predicted molar refractivity (Wildman–Crippen MR) is 80.8 cm³/mol. The van der Waals surface area contributed by atoms with Crippen molar-refractivity contribution in [2.24, 2.45) is 0 Å². The zero-order valence-corrected chi connectivity index (χ0v) is 11.8. The Hall–Kier alpha value is -2.29. The van der Waals surface area contributed by atoms with E-state index in [1.54, 1.807) is 0 Å². The van der Waals surface area contributed by atoms with Crippen molar-refractivity contribution in [3.8, 4) is 0 Å². The van der Waals surface area contributed by atoms with E-state index in [0.717, 1.165) is 28.8 Å². The van der Waals surface area contributed by atoms with Crippen molar-refractivity contribution in [1.82, 2.24) is 0 Å². The van der Waals surface area contributed by atoms with Gasteiger partial charge >= 0.3 is 6.09 Å². The number of carbonyl (C=O) groups is 1. The molecular weight excluding hydrogens is 250 g/mol. The summed E-state index contributed by atoms with van der Waals surface area (Å²) in [6.07, 6.45) is 0.448. The summed E-state index contributed by atoms with van der Waals surface area (Å²) in [5, 5.41) is 2.81. The van der Waals surface area contributed by atoms with E-state index in [9.17, 15) is 4.79 Å². The number of aryl methyl sites for hydroxylation is 2. The molecule has 0 aliphatic carbocycles. The molecule has 2 rings (SSSR count). The van der Waals surface area contributed by atoms with E-state index in [2.05, 4.69) is 12.2 Å². The first kappa shape index (κ1) is 14.1. The summed E-state index contributed by atoms with van der Waals surface area (Å²) in [5.74, 6) is 0. The molecule has 2 aromatic rings. The molecule has 0 aliphatic rings. The van der Waals surface area contributed by atoms with Gasteiger partial charge in [-0.25, -0.2) is 4.79 Å². The third-order valence-corrected chi connectivity index (χ3v) is 3.10. The lowest BCUT2D eigenvalue weighted by atomic mass is 10.1. The number of hydrogen-bond acceptors (Lipinski definition) is 2. The number of ether oxygens (including phenoxy) is 1. The van der Waals surface area contributed by atoms with Crippen LogP contribution in [0.15, 0.2) is 48.5 Å². The fraction of sp³-hybridized carbons (Fsp3) is 0.235. The minimum absolute atomic E-state index is 0.278. The van der Waals surface area contributed by atoms with E-state index < -0.39 is 6.09 Å². The number of nitrogens with one attached hydrogen (secondary N) is 1. The summed E-state index contributed by atoms with van der Waals surface area (Å²) in [4.78, 5) is 11.8. The van der Waals surface area contributed by atoms with Gasteiger partial charge in [0.05, 0.1) is 0 Å². The van der Waals surface area contributed by atoms with Gasteiger partial charge in [-0.2, -0.15) is 0 Å². The molecule has 0 saturated carbocycles. The van der Waals surface area contributed by atoms with Crippen molar-refractivity contribution in [1.29, 1.82) is 0 Å². The van der Waals surface area contributed by atoms with Crippen LogP contribution < -0.4 is 5.32 Å². The van der Waals surface area contributed by atoms with Crippen LogP contribution in [0.3, 0.4) is 0 Å². The third kappa shape index (κ3) is 3.85. The maximum Gasteiger partial charge on any atom is 0.411 e. The van der Waals surface area contributed by atoms with E-state index in [1.165, 1.54) is 0 Å². The predicted octanol–water partition coefficient (Wildman–Crippen LogP) is 4.31. The Morgan fingerprint density at radius 1 is 1.15 bits per heavy atom. The van der Waals surface area contributed by atoms with Gasteiger partial charge in [0.1, 0.15) is 6.61 Å². The molecule has 0 saturated heterocycles. The third-order valence-electron chi connectivity index (χ3n) is 3.10. The van der Waals surface area contributed by atoms with Gasteiger partial charge in [0.15, 0.2) is 0 Å². The van der Waals surface area contributed by atoms with Crippen molar-refractivity contribution in [2.45, 2.75) is 26.9 Å². The molecule has 0 unspecified atom stereocenters. The lowest BCUT2D eigenvalue weighted by molar-refractivity contribution is 0.155. The van der Waals surface area contributed by atoms with Crippen LogP contribution in [0, 0.1) is 6.92 Å². The van der Waals surface area contributed by atoms with Crippen molar-refractivity contribution in [3.63, 3.8) is 0 Å². The van der Waals surface area contributed by atoms with Crippen LogP contribution in [0.1, 0.15) is 23.6 Å². The summed E-state index contributed by atoms with van der Waals surface area (Å²) in [6.45, 7) is 4.34. The van der Waals surface area contributed by atoms with E-state index in [-0.39, 0.29) is 6.61 Å². The van der Waals surface area contributed by atoms with Gasteiger partial charge in [-0.15, -0.1) is 0 Å². The van der Waals surface area contributed by atoms with Gasteiger partial charge in [-0.1, -0.05) is 49.4 Å². The first-order valence-electron chi connectivity index (χ1n) is 6.76. The molecule has 0 bridgehead atoms. The Labute approximate surface area is 119 Å². The molecule has 0 atom stereocenters. The smallest absolute Gasteiger partial charge is 0.411 e. The molecule has 3 nitrogen and oxygen atoms in total. The number of anilines is 1. The Bertz CT molecular complexity index is 579. The van der Waals surface area contributed by atoms with Gasteiger partial charge in [-0.05, 0) is 36.1 Å². The molecule has 0 aromatic heterocycles. The molecular formula is C17H19NO2. The lowest BCUT2D eigenvalue weighted by Crippen LogP contribution is -2.14. The van der Waals surface area contributed by atoms with Gasteiger partial charge in [0.25, 0.3) is 0 Å². The largest absolute Gasteiger partial charge is 0.444 e. The Morgan fingerprint density at radius 2 is 1.90 bits per heavy atom. The second-order valence-corrected chi connectivity index (χ2v) is 4.70. The number of rotatable bonds is 4. The summed E-state index contributed by atoms with van der Waals surface area (Å²) >= 11 is 0. The maximum atomic E-state index is 11.8. The highest BCUT2D eigenvalue weighted by molar-refractivity contribution is 5.85. The van der Waals surface area contributed by atoms with Crippen LogP contribution >= 0.6 is 0 Å². The fourth-order valence-corrected chi connectivity index (χ4v) is 1.98. The fourth-order valence-electron chi connectivity index (χ4n) is 1.98. The minimum Gasteiger partial charge on any atom is -0.444 e. The van der Waals surface area contributed by atoms with Crippen molar-refractivity contribution in [3.05, 3.63) is 65.2 Å². The molecule has 20 heavy (non-hydrogen) atoms. The molecule has 0 spiro atoms. The van der Waals surface area contributed by atoms with Crippen LogP contribution in [-0.4, -0.2) is 6.09 Å². The average molecular weight is 269 g/mol. The van der Waals surface area contributed by atoms with Gasteiger partial charge in [-0.3, -0.25) is 5.32 Å².